The molecule has 0 radical (unpaired) electrons. The van der Waals surface area contributed by atoms with Crippen molar-refractivity contribution < 1.29 is 9.47 Å². The Morgan fingerprint density at radius 1 is 1.22 bits per heavy atom. The molecule has 0 aliphatic rings. The summed E-state index contributed by atoms with van der Waals surface area (Å²) in [4.78, 5) is 4.53. The number of rotatable bonds is 8. The molecule has 0 spiro atoms. The van der Waals surface area contributed by atoms with E-state index < -0.39 is 0 Å². The first-order valence-electron chi connectivity index (χ1n) is 8.88. The second-order valence-electron chi connectivity index (χ2n) is 6.16. The molecule has 0 saturated carbocycles. The Morgan fingerprint density at radius 3 is 2.63 bits per heavy atom. The summed E-state index contributed by atoms with van der Waals surface area (Å²) >= 11 is 6.38. The summed E-state index contributed by atoms with van der Waals surface area (Å²) < 4.78 is 13.1. The monoisotopic (exact) mass is 385 g/mol. The maximum Gasteiger partial charge on any atom is 0.179 e. The summed E-state index contributed by atoms with van der Waals surface area (Å²) in [6, 6.07) is 14.1. The Balaban J connectivity index is 1.87. The van der Waals surface area contributed by atoms with Crippen LogP contribution >= 0.6 is 11.6 Å². The zero-order valence-electron chi connectivity index (χ0n) is 15.8. The van der Waals surface area contributed by atoms with Crippen LogP contribution in [0.25, 0.3) is 0 Å². The fourth-order valence-corrected chi connectivity index (χ4v) is 3.37. The van der Waals surface area contributed by atoms with Crippen LogP contribution in [0.15, 0.2) is 54.9 Å². The summed E-state index contributed by atoms with van der Waals surface area (Å²) in [7, 11) is 3.59. The lowest BCUT2D eigenvalue weighted by molar-refractivity contribution is 0.310. The van der Waals surface area contributed by atoms with E-state index in [1.807, 2.05) is 61.3 Å². The maximum atomic E-state index is 6.38. The van der Waals surface area contributed by atoms with Gasteiger partial charge in [0.25, 0.3) is 0 Å². The van der Waals surface area contributed by atoms with Crippen LogP contribution in [-0.4, -0.2) is 23.3 Å². The first kappa shape index (κ1) is 19.3. The molecule has 1 N–H and O–H groups in total. The van der Waals surface area contributed by atoms with Gasteiger partial charge in [-0.2, -0.15) is 0 Å². The number of methoxy groups -OCH3 is 1. The smallest absolute Gasteiger partial charge is 0.179 e. The Bertz CT molecular complexity index is 880. The summed E-state index contributed by atoms with van der Waals surface area (Å²) in [6.45, 7) is 3.09. The molecular formula is C21H24ClN3O2. The highest BCUT2D eigenvalue weighted by atomic mass is 35.5. The van der Waals surface area contributed by atoms with Gasteiger partial charge in [0.1, 0.15) is 5.82 Å². The van der Waals surface area contributed by atoms with Crippen LogP contribution in [0.2, 0.25) is 5.02 Å². The molecule has 0 aliphatic heterocycles. The van der Waals surface area contributed by atoms with Crippen LogP contribution in [0.3, 0.4) is 0 Å². The number of ether oxygens (including phenoxy) is 2. The lowest BCUT2D eigenvalue weighted by Gasteiger charge is -2.20. The predicted octanol–water partition coefficient (Wildman–Crippen LogP) is 4.36. The van der Waals surface area contributed by atoms with E-state index in [2.05, 4.69) is 22.4 Å². The molecule has 2 aromatic carbocycles. The number of halogens is 1. The zero-order chi connectivity index (χ0) is 19.2. The van der Waals surface area contributed by atoms with Gasteiger partial charge in [-0.25, -0.2) is 4.98 Å². The number of imidazole rings is 1. The van der Waals surface area contributed by atoms with Crippen LogP contribution in [-0.2, 0) is 13.6 Å². The van der Waals surface area contributed by atoms with Crippen molar-refractivity contribution in [2.75, 3.05) is 13.7 Å². The van der Waals surface area contributed by atoms with Crippen molar-refractivity contribution in [1.82, 2.24) is 14.9 Å². The Morgan fingerprint density at radius 2 is 2.00 bits per heavy atom. The number of nitrogens with zero attached hydrogens (tertiary/aromatic N) is 2. The topological polar surface area (TPSA) is 48.3 Å². The molecule has 27 heavy (non-hydrogen) atoms. The van der Waals surface area contributed by atoms with Crippen LogP contribution in [0.1, 0.15) is 29.9 Å². The van der Waals surface area contributed by atoms with Crippen molar-refractivity contribution in [1.29, 1.82) is 0 Å². The normalized spacial score (nSPS) is 12.0. The lowest BCUT2D eigenvalue weighted by Crippen LogP contribution is -2.24. The number of aryl methyl sites for hydroxylation is 1. The Hall–Kier alpha value is -2.50. The molecule has 0 bridgehead atoms. The molecule has 0 saturated heterocycles. The lowest BCUT2D eigenvalue weighted by atomic mass is 10.1. The van der Waals surface area contributed by atoms with E-state index in [1.165, 1.54) is 0 Å². The molecule has 142 valence electrons. The molecule has 3 rings (SSSR count). The number of nitrogens with one attached hydrogen (secondary N) is 1. The Kier molecular flexibility index (Phi) is 6.37. The SMILES string of the molecule is CCOc1cc(CN[C@H](c2ccccc2)c2nccn2C)cc(Cl)c1OC. The molecule has 1 heterocycles. The quantitative estimate of drug-likeness (QED) is 0.625. The van der Waals surface area contributed by atoms with Gasteiger partial charge in [0.15, 0.2) is 11.5 Å². The molecule has 5 nitrogen and oxygen atoms in total. The average molecular weight is 386 g/mol. The van der Waals surface area contributed by atoms with Crippen molar-refractivity contribution >= 4 is 11.6 Å². The third kappa shape index (κ3) is 4.43. The van der Waals surface area contributed by atoms with E-state index >= 15 is 0 Å². The van der Waals surface area contributed by atoms with Gasteiger partial charge in [-0.3, -0.25) is 5.32 Å². The minimum absolute atomic E-state index is 0.0392. The van der Waals surface area contributed by atoms with Crippen LogP contribution in [0, 0.1) is 0 Å². The molecular weight excluding hydrogens is 362 g/mol. The first-order valence-corrected chi connectivity index (χ1v) is 9.26. The molecule has 0 aliphatic carbocycles. The predicted molar refractivity (Wildman–Crippen MR) is 108 cm³/mol. The van der Waals surface area contributed by atoms with Gasteiger partial charge < -0.3 is 14.0 Å². The van der Waals surface area contributed by atoms with Gasteiger partial charge in [0, 0.05) is 26.0 Å². The second kappa shape index (κ2) is 8.93. The van der Waals surface area contributed by atoms with Crippen LogP contribution in [0.4, 0.5) is 0 Å². The highest BCUT2D eigenvalue weighted by Crippen LogP contribution is 2.36. The van der Waals surface area contributed by atoms with Gasteiger partial charge in [-0.15, -0.1) is 0 Å². The van der Waals surface area contributed by atoms with E-state index in [1.54, 1.807) is 7.11 Å². The van der Waals surface area contributed by atoms with E-state index in [0.29, 0.717) is 29.7 Å². The number of hydrogen-bond donors (Lipinski definition) is 1. The fourth-order valence-electron chi connectivity index (χ4n) is 3.06. The molecule has 0 amide bonds. The number of aromatic nitrogens is 2. The second-order valence-corrected chi connectivity index (χ2v) is 6.57. The standard InChI is InChI=1S/C21H24ClN3O2/c1-4-27-18-13-15(12-17(22)20(18)26-3)14-24-19(16-8-6-5-7-9-16)21-23-10-11-25(21)2/h5-13,19,24H,4,14H2,1-3H3/t19-/m1/s1. The van der Waals surface area contributed by atoms with E-state index in [-0.39, 0.29) is 6.04 Å². The average Bonchev–Trinajstić information content (AvgIpc) is 3.09. The third-order valence-corrected chi connectivity index (χ3v) is 4.61. The molecule has 0 fully saturated rings. The highest BCUT2D eigenvalue weighted by Gasteiger charge is 2.18. The van der Waals surface area contributed by atoms with Crippen LogP contribution < -0.4 is 14.8 Å². The van der Waals surface area contributed by atoms with Crippen molar-refractivity contribution in [2.24, 2.45) is 7.05 Å². The molecule has 1 atom stereocenters. The van der Waals surface area contributed by atoms with E-state index in [0.717, 1.165) is 17.0 Å². The molecule has 1 aromatic heterocycles. The maximum absolute atomic E-state index is 6.38. The summed E-state index contributed by atoms with van der Waals surface area (Å²) in [6.07, 6.45) is 3.76. The van der Waals surface area contributed by atoms with Gasteiger partial charge in [-0.1, -0.05) is 41.9 Å². The van der Waals surface area contributed by atoms with Crippen molar-refractivity contribution in [3.63, 3.8) is 0 Å². The van der Waals surface area contributed by atoms with Crippen molar-refractivity contribution in [3.05, 3.63) is 76.8 Å². The van der Waals surface area contributed by atoms with Gasteiger partial charge in [0.2, 0.25) is 0 Å². The van der Waals surface area contributed by atoms with E-state index in [9.17, 15) is 0 Å². The molecule has 6 heteroatoms. The highest BCUT2D eigenvalue weighted by molar-refractivity contribution is 6.32. The van der Waals surface area contributed by atoms with Gasteiger partial charge in [0.05, 0.1) is 24.8 Å². The summed E-state index contributed by atoms with van der Waals surface area (Å²) in [5.74, 6) is 2.16. The number of benzene rings is 2. The first-order chi connectivity index (χ1) is 13.1. The van der Waals surface area contributed by atoms with Crippen molar-refractivity contribution in [3.8, 4) is 11.5 Å². The fraction of sp³-hybridized carbons (Fsp3) is 0.286. The Labute approximate surface area is 164 Å². The van der Waals surface area contributed by atoms with Crippen LogP contribution in [0.5, 0.6) is 11.5 Å². The molecule has 3 aromatic rings. The summed E-state index contributed by atoms with van der Waals surface area (Å²) in [5.41, 5.74) is 2.16. The molecule has 0 unspecified atom stereocenters. The van der Waals surface area contributed by atoms with Gasteiger partial charge >= 0.3 is 0 Å². The minimum atomic E-state index is -0.0392. The number of hydrogen-bond acceptors (Lipinski definition) is 4. The summed E-state index contributed by atoms with van der Waals surface area (Å²) in [5, 5.41) is 4.13. The van der Waals surface area contributed by atoms with Crippen molar-refractivity contribution in [2.45, 2.75) is 19.5 Å². The third-order valence-electron chi connectivity index (χ3n) is 4.33. The zero-order valence-corrected chi connectivity index (χ0v) is 16.5. The van der Waals surface area contributed by atoms with E-state index in [4.69, 9.17) is 21.1 Å². The minimum Gasteiger partial charge on any atom is -0.491 e. The largest absolute Gasteiger partial charge is 0.491 e. The van der Waals surface area contributed by atoms with Gasteiger partial charge in [-0.05, 0) is 30.2 Å².